The van der Waals surface area contributed by atoms with Gasteiger partial charge in [0.25, 0.3) is 0 Å². The highest BCUT2D eigenvalue weighted by Gasteiger charge is 2.07. The molecule has 0 radical (unpaired) electrons. The lowest BCUT2D eigenvalue weighted by atomic mass is 10.0. The maximum atomic E-state index is 12.3. The molecule has 1 N–H and O–H groups in total. The lowest BCUT2D eigenvalue weighted by Crippen LogP contribution is -2.21. The number of carbonyl (C=O) groups excluding carboxylic acids is 1. The molecule has 1 amide bonds. The summed E-state index contributed by atoms with van der Waals surface area (Å²) >= 11 is 0. The molecule has 126 valence electrons. The number of nitrogens with zero attached hydrogens (tertiary/aromatic N) is 1. The van der Waals surface area contributed by atoms with E-state index < -0.39 is 0 Å². The van der Waals surface area contributed by atoms with Crippen molar-refractivity contribution in [2.45, 2.75) is 27.2 Å². The highest BCUT2D eigenvalue weighted by atomic mass is 16.2. The van der Waals surface area contributed by atoms with Crippen LogP contribution in [0.4, 0.5) is 0 Å². The molecule has 3 heteroatoms. The molecule has 3 rings (SSSR count). The van der Waals surface area contributed by atoms with Crippen LogP contribution < -0.4 is 5.43 Å². The molecule has 3 nitrogen and oxygen atoms in total. The smallest absolute Gasteiger partial charge is 0.244 e. The lowest BCUT2D eigenvalue weighted by Gasteiger charge is -2.07. The Kier molecular flexibility index (Phi) is 4.94. The topological polar surface area (TPSA) is 41.5 Å². The van der Waals surface area contributed by atoms with Gasteiger partial charge in [0.1, 0.15) is 0 Å². The molecule has 3 aromatic carbocycles. The number of benzene rings is 3. The predicted molar refractivity (Wildman–Crippen MR) is 104 cm³/mol. The van der Waals surface area contributed by atoms with Crippen LogP contribution in [0.1, 0.15) is 29.2 Å². The van der Waals surface area contributed by atoms with Crippen LogP contribution in [0, 0.1) is 13.8 Å². The van der Waals surface area contributed by atoms with Crippen molar-refractivity contribution < 1.29 is 4.79 Å². The summed E-state index contributed by atoms with van der Waals surface area (Å²) in [6.07, 6.45) is 0.311. The largest absolute Gasteiger partial charge is 0.273 e. The van der Waals surface area contributed by atoms with Gasteiger partial charge in [-0.05, 0) is 59.9 Å². The average molecular weight is 330 g/mol. The fourth-order valence-electron chi connectivity index (χ4n) is 2.84. The second-order valence-corrected chi connectivity index (χ2v) is 6.35. The number of fused-ring (bicyclic) bond motifs is 1. The van der Waals surface area contributed by atoms with Gasteiger partial charge in [0.2, 0.25) is 5.91 Å². The summed E-state index contributed by atoms with van der Waals surface area (Å²) in [4.78, 5) is 12.3. The third kappa shape index (κ3) is 3.94. The first-order valence-corrected chi connectivity index (χ1v) is 8.42. The standard InChI is InChI=1S/C22H22N2O/c1-15-11-12-19(13-16(15)2)17(3)23-24-22(25)14-20-9-6-8-18-7-4-5-10-21(18)20/h4-13H,14H2,1-3H3,(H,24,25)/b23-17-. The van der Waals surface area contributed by atoms with Gasteiger partial charge in [-0.1, -0.05) is 54.6 Å². The minimum absolute atomic E-state index is 0.112. The Balaban J connectivity index is 1.72. The van der Waals surface area contributed by atoms with Gasteiger partial charge in [-0.2, -0.15) is 5.10 Å². The van der Waals surface area contributed by atoms with Crippen molar-refractivity contribution in [1.82, 2.24) is 5.43 Å². The van der Waals surface area contributed by atoms with E-state index in [0.717, 1.165) is 27.6 Å². The Hall–Kier alpha value is -2.94. The van der Waals surface area contributed by atoms with E-state index in [0.29, 0.717) is 6.42 Å². The van der Waals surface area contributed by atoms with Gasteiger partial charge in [0.05, 0.1) is 12.1 Å². The van der Waals surface area contributed by atoms with Crippen LogP contribution in [0.5, 0.6) is 0 Å². The number of nitrogens with one attached hydrogen (secondary N) is 1. The van der Waals surface area contributed by atoms with E-state index in [1.54, 1.807) is 0 Å². The van der Waals surface area contributed by atoms with Gasteiger partial charge in [-0.3, -0.25) is 4.79 Å². The Morgan fingerprint density at radius 1 is 0.960 bits per heavy atom. The molecule has 0 heterocycles. The summed E-state index contributed by atoms with van der Waals surface area (Å²) in [5.74, 6) is -0.112. The zero-order valence-corrected chi connectivity index (χ0v) is 14.8. The van der Waals surface area contributed by atoms with E-state index in [-0.39, 0.29) is 5.91 Å². The molecular weight excluding hydrogens is 308 g/mol. The maximum absolute atomic E-state index is 12.3. The van der Waals surface area contributed by atoms with Crippen molar-refractivity contribution >= 4 is 22.4 Å². The molecule has 0 fully saturated rings. The number of aryl methyl sites for hydroxylation is 2. The quantitative estimate of drug-likeness (QED) is 0.554. The molecule has 0 aromatic heterocycles. The number of hydrazone groups is 1. The van der Waals surface area contributed by atoms with Crippen LogP contribution in [0.2, 0.25) is 0 Å². The molecule has 0 aliphatic rings. The van der Waals surface area contributed by atoms with Crippen LogP contribution in [-0.2, 0) is 11.2 Å². The van der Waals surface area contributed by atoms with Crippen LogP contribution in [0.15, 0.2) is 65.8 Å². The molecule has 0 atom stereocenters. The van der Waals surface area contributed by atoms with Crippen LogP contribution in [0.25, 0.3) is 10.8 Å². The number of hydrogen-bond donors (Lipinski definition) is 1. The van der Waals surface area contributed by atoms with Crippen LogP contribution in [-0.4, -0.2) is 11.6 Å². The molecule has 3 aromatic rings. The maximum Gasteiger partial charge on any atom is 0.244 e. The molecule has 0 bridgehead atoms. The van der Waals surface area contributed by atoms with Gasteiger partial charge in [-0.15, -0.1) is 0 Å². The van der Waals surface area contributed by atoms with E-state index in [4.69, 9.17) is 0 Å². The van der Waals surface area contributed by atoms with Crippen LogP contribution in [0.3, 0.4) is 0 Å². The highest BCUT2D eigenvalue weighted by Crippen LogP contribution is 2.18. The Morgan fingerprint density at radius 3 is 2.52 bits per heavy atom. The first-order chi connectivity index (χ1) is 12.0. The molecule has 0 spiro atoms. The number of carbonyl (C=O) groups is 1. The van der Waals surface area contributed by atoms with Gasteiger partial charge in [0.15, 0.2) is 0 Å². The number of amides is 1. The highest BCUT2D eigenvalue weighted by molar-refractivity contribution is 5.99. The molecule has 0 saturated heterocycles. The zero-order valence-electron chi connectivity index (χ0n) is 14.8. The number of hydrogen-bond acceptors (Lipinski definition) is 2. The lowest BCUT2D eigenvalue weighted by molar-refractivity contribution is -0.120. The monoisotopic (exact) mass is 330 g/mol. The average Bonchev–Trinajstić information content (AvgIpc) is 2.62. The summed E-state index contributed by atoms with van der Waals surface area (Å²) in [7, 11) is 0. The first kappa shape index (κ1) is 16.9. The van der Waals surface area contributed by atoms with Crippen LogP contribution >= 0.6 is 0 Å². The van der Waals surface area contributed by atoms with Gasteiger partial charge < -0.3 is 0 Å². The third-order valence-electron chi connectivity index (χ3n) is 4.50. The van der Waals surface area contributed by atoms with Gasteiger partial charge in [0, 0.05) is 0 Å². The van der Waals surface area contributed by atoms with E-state index >= 15 is 0 Å². The summed E-state index contributed by atoms with van der Waals surface area (Å²) in [6.45, 7) is 6.06. The predicted octanol–water partition coefficient (Wildman–Crippen LogP) is 4.54. The van der Waals surface area contributed by atoms with Crippen molar-refractivity contribution in [3.05, 3.63) is 82.9 Å². The fourth-order valence-corrected chi connectivity index (χ4v) is 2.84. The number of rotatable bonds is 4. The van der Waals surface area contributed by atoms with E-state index in [1.807, 2.05) is 43.3 Å². The zero-order chi connectivity index (χ0) is 17.8. The summed E-state index contributed by atoms with van der Waals surface area (Å²) < 4.78 is 0. The first-order valence-electron chi connectivity index (χ1n) is 8.42. The van der Waals surface area contributed by atoms with Crippen molar-refractivity contribution in [2.24, 2.45) is 5.10 Å². The molecular formula is C22H22N2O. The van der Waals surface area contributed by atoms with Gasteiger partial charge >= 0.3 is 0 Å². The van der Waals surface area contributed by atoms with Crippen molar-refractivity contribution in [3.63, 3.8) is 0 Å². The summed E-state index contributed by atoms with van der Waals surface area (Å²) in [5, 5.41) is 6.51. The fraction of sp³-hybridized carbons (Fsp3) is 0.182. The second-order valence-electron chi connectivity index (χ2n) is 6.35. The summed E-state index contributed by atoms with van der Waals surface area (Å²) in [5.41, 5.74) is 7.97. The minimum atomic E-state index is -0.112. The minimum Gasteiger partial charge on any atom is -0.273 e. The molecule has 0 aliphatic heterocycles. The van der Waals surface area contributed by atoms with Crippen molar-refractivity contribution in [2.75, 3.05) is 0 Å². The van der Waals surface area contributed by atoms with E-state index in [9.17, 15) is 4.79 Å². The second kappa shape index (κ2) is 7.31. The Bertz CT molecular complexity index is 952. The molecule has 0 saturated carbocycles. The molecule has 25 heavy (non-hydrogen) atoms. The Labute approximate surface area is 148 Å². The van der Waals surface area contributed by atoms with Crippen molar-refractivity contribution in [1.29, 1.82) is 0 Å². The van der Waals surface area contributed by atoms with Crippen molar-refractivity contribution in [3.8, 4) is 0 Å². The Morgan fingerprint density at radius 2 is 1.72 bits per heavy atom. The van der Waals surface area contributed by atoms with E-state index in [1.165, 1.54) is 11.1 Å². The normalized spacial score (nSPS) is 11.6. The SMILES string of the molecule is C/C(=N/NC(=O)Cc1cccc2ccccc12)c1ccc(C)c(C)c1. The molecule has 0 aliphatic carbocycles. The summed E-state index contributed by atoms with van der Waals surface area (Å²) in [6, 6.07) is 20.3. The van der Waals surface area contributed by atoms with Gasteiger partial charge in [-0.25, -0.2) is 5.43 Å². The van der Waals surface area contributed by atoms with E-state index in [2.05, 4.69) is 48.6 Å². The molecule has 0 unspecified atom stereocenters. The third-order valence-corrected chi connectivity index (χ3v) is 4.50.